The summed E-state index contributed by atoms with van der Waals surface area (Å²) in [6.45, 7) is 0. The molecular weight excluding hydrogens is 299 g/mol. The average Bonchev–Trinajstić information content (AvgIpc) is 2.56. The van der Waals surface area contributed by atoms with Gasteiger partial charge in [-0.3, -0.25) is 0 Å². The molecule has 3 heteroatoms. The van der Waals surface area contributed by atoms with Gasteiger partial charge in [0.1, 0.15) is 7.14 Å². The van der Waals surface area contributed by atoms with E-state index in [1.165, 1.54) is 0 Å². The lowest BCUT2D eigenvalue weighted by molar-refractivity contribution is 0.495. The normalized spacial score (nSPS) is 22.9. The molecule has 0 aromatic heterocycles. The van der Waals surface area contributed by atoms with Gasteiger partial charge in [-0.05, 0) is 12.8 Å². The smallest absolute Gasteiger partial charge is 0.147 e. The maximum atomic E-state index is 14.1. The zero-order valence-electron chi connectivity index (χ0n) is 12.0. The van der Waals surface area contributed by atoms with Gasteiger partial charge < -0.3 is 4.57 Å². The predicted molar refractivity (Wildman–Crippen MR) is 91.7 cm³/mol. The standard InChI is InChI=1S/C18H20ClOP/c19-17-13-7-8-14-18(17)21(20,15-9-3-1-4-10-15)16-11-5-2-6-12-16/h1-6,9-12,17-18H,7-8,13-14H2/t17-,18-/m1/s1. The van der Waals surface area contributed by atoms with E-state index in [0.29, 0.717) is 0 Å². The lowest BCUT2D eigenvalue weighted by atomic mass is 10.00. The Morgan fingerprint density at radius 3 is 1.76 bits per heavy atom. The maximum absolute atomic E-state index is 14.1. The van der Waals surface area contributed by atoms with Gasteiger partial charge in [-0.1, -0.05) is 73.5 Å². The van der Waals surface area contributed by atoms with Crippen molar-refractivity contribution in [1.82, 2.24) is 0 Å². The van der Waals surface area contributed by atoms with Crippen molar-refractivity contribution in [2.75, 3.05) is 0 Å². The Balaban J connectivity index is 2.13. The molecule has 0 saturated heterocycles. The van der Waals surface area contributed by atoms with E-state index in [9.17, 15) is 4.57 Å². The van der Waals surface area contributed by atoms with Crippen molar-refractivity contribution in [3.8, 4) is 0 Å². The molecule has 0 radical (unpaired) electrons. The highest BCUT2D eigenvalue weighted by atomic mass is 35.5. The van der Waals surface area contributed by atoms with Gasteiger partial charge in [0.25, 0.3) is 0 Å². The molecule has 1 aliphatic carbocycles. The van der Waals surface area contributed by atoms with E-state index in [-0.39, 0.29) is 11.0 Å². The highest BCUT2D eigenvalue weighted by Gasteiger charge is 2.41. The van der Waals surface area contributed by atoms with Crippen LogP contribution < -0.4 is 10.6 Å². The van der Waals surface area contributed by atoms with E-state index in [1.807, 2.05) is 60.7 Å². The SMILES string of the molecule is O=P(c1ccccc1)(c1ccccc1)[C@@H]1CCCC[C@H]1Cl. The summed E-state index contributed by atoms with van der Waals surface area (Å²) in [6, 6.07) is 19.8. The summed E-state index contributed by atoms with van der Waals surface area (Å²) >= 11 is 6.59. The van der Waals surface area contributed by atoms with Gasteiger partial charge in [-0.15, -0.1) is 11.6 Å². The Morgan fingerprint density at radius 2 is 1.29 bits per heavy atom. The molecule has 1 nitrogen and oxygen atoms in total. The van der Waals surface area contributed by atoms with E-state index in [1.54, 1.807) is 0 Å². The van der Waals surface area contributed by atoms with E-state index in [4.69, 9.17) is 11.6 Å². The van der Waals surface area contributed by atoms with Crippen LogP contribution >= 0.6 is 18.7 Å². The monoisotopic (exact) mass is 318 g/mol. The van der Waals surface area contributed by atoms with Crippen LogP contribution in [0.2, 0.25) is 0 Å². The fraction of sp³-hybridized carbons (Fsp3) is 0.333. The molecule has 3 rings (SSSR count). The third-order valence-electron chi connectivity index (χ3n) is 4.39. The molecule has 0 aliphatic heterocycles. The first-order valence-electron chi connectivity index (χ1n) is 7.58. The van der Waals surface area contributed by atoms with Crippen LogP contribution in [0, 0.1) is 0 Å². The van der Waals surface area contributed by atoms with Crippen LogP contribution in [0.25, 0.3) is 0 Å². The second-order valence-corrected chi connectivity index (χ2v) is 9.27. The van der Waals surface area contributed by atoms with Gasteiger partial charge in [-0.2, -0.15) is 0 Å². The van der Waals surface area contributed by atoms with E-state index in [2.05, 4.69) is 0 Å². The second kappa shape index (κ2) is 6.38. The van der Waals surface area contributed by atoms with Crippen molar-refractivity contribution >= 4 is 29.4 Å². The Bertz CT molecular complexity index is 583. The lowest BCUT2D eigenvalue weighted by Crippen LogP contribution is -2.34. The summed E-state index contributed by atoms with van der Waals surface area (Å²) in [5, 5.41) is 1.88. The summed E-state index contributed by atoms with van der Waals surface area (Å²) < 4.78 is 14.1. The highest BCUT2D eigenvalue weighted by molar-refractivity contribution is 7.79. The quantitative estimate of drug-likeness (QED) is 0.599. The summed E-state index contributed by atoms with van der Waals surface area (Å²) in [7, 11) is -2.69. The minimum atomic E-state index is -2.69. The Kier molecular flexibility index (Phi) is 4.52. The number of alkyl halides is 1. The van der Waals surface area contributed by atoms with Gasteiger partial charge in [0.05, 0.1) is 0 Å². The zero-order valence-corrected chi connectivity index (χ0v) is 13.6. The number of halogens is 1. The maximum Gasteiger partial charge on any atom is 0.147 e. The molecule has 2 aromatic carbocycles. The number of rotatable bonds is 3. The Hall–Kier alpha value is -1.04. The van der Waals surface area contributed by atoms with Crippen LogP contribution in [-0.2, 0) is 4.57 Å². The third-order valence-corrected chi connectivity index (χ3v) is 8.77. The first-order valence-corrected chi connectivity index (χ1v) is 9.79. The van der Waals surface area contributed by atoms with Crippen LogP contribution in [0.15, 0.2) is 60.7 Å². The summed E-state index contributed by atoms with van der Waals surface area (Å²) in [6.07, 6.45) is 4.19. The van der Waals surface area contributed by atoms with Crippen molar-refractivity contribution < 1.29 is 4.57 Å². The zero-order chi connectivity index (χ0) is 14.7. The van der Waals surface area contributed by atoms with Gasteiger partial charge in [-0.25, -0.2) is 0 Å². The van der Waals surface area contributed by atoms with Crippen LogP contribution in [0.1, 0.15) is 25.7 Å². The van der Waals surface area contributed by atoms with Gasteiger partial charge >= 0.3 is 0 Å². The first kappa shape index (κ1) is 14.9. The lowest BCUT2D eigenvalue weighted by Gasteiger charge is -2.34. The summed E-state index contributed by atoms with van der Waals surface area (Å²) in [4.78, 5) is 0. The van der Waals surface area contributed by atoms with E-state index < -0.39 is 7.14 Å². The van der Waals surface area contributed by atoms with Crippen molar-refractivity contribution in [3.63, 3.8) is 0 Å². The van der Waals surface area contributed by atoms with Crippen LogP contribution in [0.4, 0.5) is 0 Å². The van der Waals surface area contributed by atoms with Crippen LogP contribution in [0.5, 0.6) is 0 Å². The minimum absolute atomic E-state index is 0.00463. The van der Waals surface area contributed by atoms with Gasteiger partial charge in [0.2, 0.25) is 0 Å². The molecule has 1 saturated carbocycles. The predicted octanol–water partition coefficient (Wildman–Crippen LogP) is 4.55. The van der Waals surface area contributed by atoms with Crippen LogP contribution in [-0.4, -0.2) is 11.0 Å². The molecule has 1 fully saturated rings. The first-order chi connectivity index (χ1) is 10.2. The topological polar surface area (TPSA) is 17.1 Å². The number of hydrogen-bond donors (Lipinski definition) is 0. The van der Waals surface area contributed by atoms with Gasteiger partial charge in [0, 0.05) is 21.6 Å². The molecule has 0 N–H and O–H groups in total. The molecule has 110 valence electrons. The number of benzene rings is 2. The van der Waals surface area contributed by atoms with Crippen molar-refractivity contribution in [2.24, 2.45) is 0 Å². The average molecular weight is 319 g/mol. The Labute approximate surface area is 131 Å². The largest absolute Gasteiger partial charge is 0.313 e. The molecule has 0 unspecified atom stereocenters. The molecule has 0 bridgehead atoms. The molecule has 0 spiro atoms. The summed E-state index contributed by atoms with van der Waals surface area (Å²) in [5.74, 6) is 0. The Morgan fingerprint density at radius 1 is 0.810 bits per heavy atom. The molecule has 1 aliphatic rings. The molecule has 2 atom stereocenters. The minimum Gasteiger partial charge on any atom is -0.313 e. The molecule has 2 aromatic rings. The fourth-order valence-corrected chi connectivity index (χ4v) is 7.51. The van der Waals surface area contributed by atoms with Gasteiger partial charge in [0.15, 0.2) is 0 Å². The third kappa shape index (κ3) is 2.82. The van der Waals surface area contributed by atoms with Crippen molar-refractivity contribution in [1.29, 1.82) is 0 Å². The second-order valence-electron chi connectivity index (χ2n) is 5.70. The number of hydrogen-bond acceptors (Lipinski definition) is 1. The van der Waals surface area contributed by atoms with Crippen molar-refractivity contribution in [2.45, 2.75) is 36.7 Å². The molecule has 0 heterocycles. The van der Waals surface area contributed by atoms with E-state index >= 15 is 0 Å². The molecule has 0 amide bonds. The summed E-state index contributed by atoms with van der Waals surface area (Å²) in [5.41, 5.74) is 0.0534. The highest BCUT2D eigenvalue weighted by Crippen LogP contribution is 2.54. The molecular formula is C18H20ClOP. The van der Waals surface area contributed by atoms with Crippen molar-refractivity contribution in [3.05, 3.63) is 60.7 Å². The molecule has 21 heavy (non-hydrogen) atoms. The fourth-order valence-electron chi connectivity index (χ4n) is 3.31. The van der Waals surface area contributed by atoms with Crippen LogP contribution in [0.3, 0.4) is 0 Å². The van der Waals surface area contributed by atoms with E-state index in [0.717, 1.165) is 36.3 Å².